The molecule has 0 saturated carbocycles. The lowest BCUT2D eigenvalue weighted by Gasteiger charge is -2.11. The molecule has 1 aromatic rings. The van der Waals surface area contributed by atoms with Gasteiger partial charge in [-0.25, -0.2) is 4.79 Å². The van der Waals surface area contributed by atoms with Gasteiger partial charge in [0.1, 0.15) is 0 Å². The largest absolute Gasteiger partial charge is 0.462 e. The van der Waals surface area contributed by atoms with Gasteiger partial charge >= 0.3 is 12.1 Å². The van der Waals surface area contributed by atoms with Gasteiger partial charge in [-0.15, -0.1) is 11.8 Å². The van der Waals surface area contributed by atoms with Gasteiger partial charge in [0.25, 0.3) is 0 Å². The molecule has 1 aromatic carbocycles. The fourth-order valence-corrected chi connectivity index (χ4v) is 2.03. The second-order valence-electron chi connectivity index (χ2n) is 3.55. The number of thioether (sulfide) groups is 1. The summed E-state index contributed by atoms with van der Waals surface area (Å²) in [7, 11) is 0. The Balaban J connectivity index is 3.05. The molecule has 1 rings (SSSR count). The van der Waals surface area contributed by atoms with E-state index in [0.717, 1.165) is 0 Å². The first-order valence-corrected chi connectivity index (χ1v) is 6.50. The molecule has 0 heterocycles. The number of hydrogen-bond acceptors (Lipinski definition) is 3. The van der Waals surface area contributed by atoms with Gasteiger partial charge in [-0.1, -0.05) is 6.07 Å². The van der Waals surface area contributed by atoms with Gasteiger partial charge in [0, 0.05) is 4.90 Å². The van der Waals surface area contributed by atoms with E-state index in [4.69, 9.17) is 4.74 Å². The van der Waals surface area contributed by atoms with E-state index in [1.54, 1.807) is 13.2 Å². The minimum absolute atomic E-state index is 0.0587. The number of ether oxygens (including phenoxy) is 1. The van der Waals surface area contributed by atoms with E-state index in [-0.39, 0.29) is 17.7 Å². The van der Waals surface area contributed by atoms with Gasteiger partial charge in [0.2, 0.25) is 0 Å². The molecule has 2 nitrogen and oxygen atoms in total. The van der Waals surface area contributed by atoms with Crippen LogP contribution in [0.4, 0.5) is 13.2 Å². The summed E-state index contributed by atoms with van der Waals surface area (Å²) in [5, 5.41) is 0. The summed E-state index contributed by atoms with van der Waals surface area (Å²) in [5.74, 6) is -0.592. The van der Waals surface area contributed by atoms with E-state index in [1.165, 1.54) is 30.0 Å². The molecule has 0 bridgehead atoms. The zero-order chi connectivity index (χ0) is 13.8. The van der Waals surface area contributed by atoms with Crippen LogP contribution in [-0.4, -0.2) is 25.0 Å². The third-order valence-corrected chi connectivity index (χ3v) is 2.96. The normalized spacial score (nSPS) is 11.4. The van der Waals surface area contributed by atoms with Gasteiger partial charge < -0.3 is 4.74 Å². The Bertz CT molecular complexity index is 430. The topological polar surface area (TPSA) is 26.3 Å². The van der Waals surface area contributed by atoms with Crippen molar-refractivity contribution in [2.24, 2.45) is 0 Å². The number of hydrogen-bond donors (Lipinski definition) is 0. The van der Waals surface area contributed by atoms with Crippen molar-refractivity contribution >= 4 is 17.7 Å². The van der Waals surface area contributed by atoms with Crippen LogP contribution in [0.15, 0.2) is 23.1 Å². The molecule has 18 heavy (non-hydrogen) atoms. The summed E-state index contributed by atoms with van der Waals surface area (Å²) in [6, 6.07) is 4.14. The van der Waals surface area contributed by atoms with E-state index in [2.05, 4.69) is 0 Å². The van der Waals surface area contributed by atoms with Gasteiger partial charge in [-0.05, 0) is 30.9 Å². The van der Waals surface area contributed by atoms with Crippen LogP contribution in [0.1, 0.15) is 22.8 Å². The molecule has 0 aromatic heterocycles. The number of benzene rings is 1. The SMILES string of the molecule is CCOC(=O)c1cc(CC(F)(F)F)ccc1SC. The summed E-state index contributed by atoms with van der Waals surface area (Å²) in [4.78, 5) is 12.2. The number of alkyl halides is 3. The smallest absolute Gasteiger partial charge is 0.393 e. The standard InChI is InChI=1S/C12H13F3O2S/c1-3-17-11(16)9-6-8(7-12(13,14)15)4-5-10(9)18-2/h4-6H,3,7H2,1-2H3. The lowest BCUT2D eigenvalue weighted by molar-refractivity contribution is -0.127. The van der Waals surface area contributed by atoms with Crippen molar-refractivity contribution in [1.82, 2.24) is 0 Å². The molecule has 0 atom stereocenters. The van der Waals surface area contributed by atoms with Crippen molar-refractivity contribution in [2.45, 2.75) is 24.4 Å². The van der Waals surface area contributed by atoms with Gasteiger partial charge in [-0.3, -0.25) is 0 Å². The third kappa shape index (κ3) is 4.25. The van der Waals surface area contributed by atoms with Crippen LogP contribution in [0, 0.1) is 0 Å². The van der Waals surface area contributed by atoms with Crippen LogP contribution in [-0.2, 0) is 11.2 Å². The second kappa shape index (κ2) is 6.13. The van der Waals surface area contributed by atoms with Crippen molar-refractivity contribution in [1.29, 1.82) is 0 Å². The number of halogens is 3. The lowest BCUT2D eigenvalue weighted by atomic mass is 10.1. The molecule has 0 unspecified atom stereocenters. The Kier molecular flexibility index (Phi) is 5.07. The van der Waals surface area contributed by atoms with Gasteiger partial charge in [0.05, 0.1) is 18.6 Å². The molecule has 0 N–H and O–H groups in total. The maximum Gasteiger partial charge on any atom is 0.393 e. The summed E-state index contributed by atoms with van der Waals surface area (Å²) >= 11 is 1.29. The maximum atomic E-state index is 12.3. The van der Waals surface area contributed by atoms with Crippen LogP contribution in [0.25, 0.3) is 0 Å². The summed E-state index contributed by atoms with van der Waals surface area (Å²) < 4.78 is 41.7. The minimum atomic E-state index is -4.28. The quantitative estimate of drug-likeness (QED) is 0.620. The van der Waals surface area contributed by atoms with Crippen LogP contribution in [0.3, 0.4) is 0 Å². The average Bonchev–Trinajstić information content (AvgIpc) is 2.27. The highest BCUT2D eigenvalue weighted by Crippen LogP contribution is 2.26. The Morgan fingerprint density at radius 1 is 1.39 bits per heavy atom. The Hall–Kier alpha value is -1.17. The highest BCUT2D eigenvalue weighted by atomic mass is 32.2. The zero-order valence-corrected chi connectivity index (χ0v) is 10.8. The number of carbonyl (C=O) groups is 1. The average molecular weight is 278 g/mol. The van der Waals surface area contributed by atoms with E-state index >= 15 is 0 Å². The molecule has 6 heteroatoms. The first-order chi connectivity index (χ1) is 8.37. The van der Waals surface area contributed by atoms with Crippen LogP contribution in [0.2, 0.25) is 0 Å². The number of carbonyl (C=O) groups excluding carboxylic acids is 1. The maximum absolute atomic E-state index is 12.3. The Labute approximate surface area is 108 Å². The van der Waals surface area contributed by atoms with Gasteiger partial charge in [-0.2, -0.15) is 13.2 Å². The monoisotopic (exact) mass is 278 g/mol. The molecule has 0 aliphatic heterocycles. The van der Waals surface area contributed by atoms with Crippen LogP contribution < -0.4 is 0 Å². The van der Waals surface area contributed by atoms with E-state index in [0.29, 0.717) is 4.90 Å². The Morgan fingerprint density at radius 2 is 2.06 bits per heavy atom. The first-order valence-electron chi connectivity index (χ1n) is 5.28. The number of esters is 1. The molecule has 0 aliphatic rings. The van der Waals surface area contributed by atoms with E-state index < -0.39 is 18.6 Å². The van der Waals surface area contributed by atoms with Crippen molar-refractivity contribution in [3.8, 4) is 0 Å². The second-order valence-corrected chi connectivity index (χ2v) is 4.40. The fourth-order valence-electron chi connectivity index (χ4n) is 1.46. The lowest BCUT2D eigenvalue weighted by Crippen LogP contribution is -2.13. The molecule has 0 radical (unpaired) electrons. The third-order valence-electron chi connectivity index (χ3n) is 2.16. The van der Waals surface area contributed by atoms with Crippen molar-refractivity contribution in [3.05, 3.63) is 29.3 Å². The molecule has 0 fully saturated rings. The molecule has 100 valence electrons. The van der Waals surface area contributed by atoms with E-state index in [9.17, 15) is 18.0 Å². The number of rotatable bonds is 4. The molecule has 0 saturated heterocycles. The highest BCUT2D eigenvalue weighted by Gasteiger charge is 2.28. The predicted octanol–water partition coefficient (Wildman–Crippen LogP) is 3.69. The molecule has 0 amide bonds. The fraction of sp³-hybridized carbons (Fsp3) is 0.417. The van der Waals surface area contributed by atoms with Crippen LogP contribution >= 0.6 is 11.8 Å². The molecular weight excluding hydrogens is 265 g/mol. The first kappa shape index (κ1) is 14.9. The van der Waals surface area contributed by atoms with Crippen molar-refractivity contribution < 1.29 is 22.7 Å². The minimum Gasteiger partial charge on any atom is -0.462 e. The zero-order valence-electron chi connectivity index (χ0n) is 10.0. The predicted molar refractivity (Wildman–Crippen MR) is 63.9 cm³/mol. The van der Waals surface area contributed by atoms with Crippen LogP contribution in [0.5, 0.6) is 0 Å². The molecule has 0 spiro atoms. The van der Waals surface area contributed by atoms with Gasteiger partial charge in [0.15, 0.2) is 0 Å². The molecule has 0 aliphatic carbocycles. The highest BCUT2D eigenvalue weighted by molar-refractivity contribution is 7.98. The Morgan fingerprint density at radius 3 is 2.56 bits per heavy atom. The van der Waals surface area contributed by atoms with Crippen molar-refractivity contribution in [2.75, 3.05) is 12.9 Å². The summed E-state index contributed by atoms with van der Waals surface area (Å²) in [5.41, 5.74) is 0.245. The summed E-state index contributed by atoms with van der Waals surface area (Å²) in [6.45, 7) is 1.84. The summed E-state index contributed by atoms with van der Waals surface area (Å²) in [6.07, 6.45) is -3.58. The van der Waals surface area contributed by atoms with Crippen molar-refractivity contribution in [3.63, 3.8) is 0 Å². The van der Waals surface area contributed by atoms with E-state index in [1.807, 2.05) is 0 Å². The molecular formula is C12H13F3O2S.